The van der Waals surface area contributed by atoms with E-state index in [9.17, 15) is 33.6 Å². The Kier molecular flexibility index (Phi) is 16.6. The van der Waals surface area contributed by atoms with Gasteiger partial charge in [-0.1, -0.05) is 0 Å². The van der Waals surface area contributed by atoms with E-state index in [0.717, 1.165) is 14.2 Å². The summed E-state index contributed by atoms with van der Waals surface area (Å²) < 4.78 is 9.17. The van der Waals surface area contributed by atoms with Gasteiger partial charge < -0.3 is 47.1 Å². The summed E-state index contributed by atoms with van der Waals surface area (Å²) in [5.41, 5.74) is 11.2. The highest BCUT2D eigenvalue weighted by atomic mass is 16.5. The van der Waals surface area contributed by atoms with Crippen molar-refractivity contribution in [2.24, 2.45) is 11.5 Å². The number of carboxylic acids is 2. The Morgan fingerprint density at radius 2 is 1.34 bits per heavy atom. The van der Waals surface area contributed by atoms with Crippen molar-refractivity contribution in [2.45, 2.75) is 75.5 Å². The average molecular weight is 548 g/mol. The highest BCUT2D eigenvalue weighted by Gasteiger charge is 2.29. The van der Waals surface area contributed by atoms with E-state index >= 15 is 0 Å². The number of aliphatic carboxylic acids is 2. The number of esters is 2. The molecular weight excluding hydrogens is 510 g/mol. The fourth-order valence-corrected chi connectivity index (χ4v) is 3.08. The van der Waals surface area contributed by atoms with E-state index in [0.29, 0.717) is 6.42 Å². The minimum absolute atomic E-state index is 0.0171. The van der Waals surface area contributed by atoms with E-state index in [1.165, 1.54) is 0 Å². The van der Waals surface area contributed by atoms with Crippen molar-refractivity contribution in [3.05, 3.63) is 0 Å². The zero-order valence-electron chi connectivity index (χ0n) is 21.4. The molecule has 0 saturated heterocycles. The van der Waals surface area contributed by atoms with Crippen LogP contribution in [-0.4, -0.2) is 96.7 Å². The molecule has 9 N–H and O–H groups in total. The highest BCUT2D eigenvalue weighted by molar-refractivity contribution is 5.93. The van der Waals surface area contributed by atoms with Crippen molar-refractivity contribution in [3.8, 4) is 0 Å². The van der Waals surface area contributed by atoms with Crippen LogP contribution in [0.5, 0.6) is 0 Å². The van der Waals surface area contributed by atoms with Gasteiger partial charge in [0.05, 0.1) is 32.7 Å². The third-order valence-electron chi connectivity index (χ3n) is 5.26. The number of carbonyl (C=O) groups excluding carboxylic acids is 5. The molecule has 4 atom stereocenters. The van der Waals surface area contributed by atoms with Gasteiger partial charge in [-0.25, -0.2) is 4.79 Å². The number of nitrogens with two attached hydrogens (primary N) is 2. The summed E-state index contributed by atoms with van der Waals surface area (Å²) >= 11 is 0. The molecule has 0 saturated carbocycles. The largest absolute Gasteiger partial charge is 0.481 e. The number of methoxy groups -OCH3 is 2. The van der Waals surface area contributed by atoms with Crippen LogP contribution in [0.1, 0.15) is 51.4 Å². The molecule has 0 fully saturated rings. The maximum Gasteiger partial charge on any atom is 0.328 e. The second-order valence-corrected chi connectivity index (χ2v) is 8.29. The number of nitrogens with one attached hydrogen (secondary N) is 3. The predicted molar refractivity (Wildman–Crippen MR) is 129 cm³/mol. The third-order valence-corrected chi connectivity index (χ3v) is 5.26. The molecule has 0 aliphatic rings. The maximum absolute atomic E-state index is 12.9. The van der Waals surface area contributed by atoms with E-state index in [1.54, 1.807) is 0 Å². The minimum atomic E-state index is -1.44. The minimum Gasteiger partial charge on any atom is -0.481 e. The van der Waals surface area contributed by atoms with Crippen LogP contribution < -0.4 is 27.4 Å². The molecule has 0 bridgehead atoms. The monoisotopic (exact) mass is 547 g/mol. The Labute approximate surface area is 219 Å². The molecule has 216 valence electrons. The highest BCUT2D eigenvalue weighted by Crippen LogP contribution is 2.07. The predicted octanol–water partition coefficient (Wildman–Crippen LogP) is -2.64. The molecular formula is C22H37N5O11. The molecule has 16 heteroatoms. The van der Waals surface area contributed by atoms with Crippen molar-refractivity contribution in [2.75, 3.05) is 20.8 Å². The third kappa shape index (κ3) is 14.7. The molecule has 0 aliphatic carbocycles. The fourth-order valence-electron chi connectivity index (χ4n) is 3.08. The quantitative estimate of drug-likeness (QED) is 0.0644. The summed E-state index contributed by atoms with van der Waals surface area (Å²) in [4.78, 5) is 82.1. The lowest BCUT2D eigenvalue weighted by atomic mass is 10.1. The van der Waals surface area contributed by atoms with Gasteiger partial charge in [0.15, 0.2) is 0 Å². The smallest absolute Gasteiger partial charge is 0.328 e. The van der Waals surface area contributed by atoms with Crippen LogP contribution in [0.25, 0.3) is 0 Å². The molecule has 4 unspecified atom stereocenters. The summed E-state index contributed by atoms with van der Waals surface area (Å²) in [6.07, 6.45) is -0.695. The van der Waals surface area contributed by atoms with Crippen LogP contribution >= 0.6 is 0 Å². The van der Waals surface area contributed by atoms with E-state index in [-0.39, 0.29) is 45.1 Å². The van der Waals surface area contributed by atoms with Gasteiger partial charge in [0, 0.05) is 19.4 Å². The Balaban J connectivity index is 5.17. The summed E-state index contributed by atoms with van der Waals surface area (Å²) in [5, 5.41) is 24.8. The van der Waals surface area contributed by atoms with E-state index < -0.39 is 72.2 Å². The number of amides is 3. The first-order chi connectivity index (χ1) is 17.8. The number of hydrogen-bond donors (Lipinski definition) is 7. The van der Waals surface area contributed by atoms with Crippen LogP contribution in [0.4, 0.5) is 0 Å². The lowest BCUT2D eigenvalue weighted by Crippen LogP contribution is -2.54. The molecule has 16 nitrogen and oxygen atoms in total. The van der Waals surface area contributed by atoms with Crippen molar-refractivity contribution in [3.63, 3.8) is 0 Å². The van der Waals surface area contributed by atoms with Gasteiger partial charge in [-0.2, -0.15) is 0 Å². The average Bonchev–Trinajstić information content (AvgIpc) is 2.86. The summed E-state index contributed by atoms with van der Waals surface area (Å²) in [6.45, 7) is 0.143. The second-order valence-electron chi connectivity index (χ2n) is 8.29. The van der Waals surface area contributed by atoms with Crippen LogP contribution in [0.2, 0.25) is 0 Å². The van der Waals surface area contributed by atoms with Gasteiger partial charge in [-0.05, 0) is 32.1 Å². The molecule has 0 aliphatic heterocycles. The molecule has 0 aromatic carbocycles. The van der Waals surface area contributed by atoms with E-state index in [4.69, 9.17) is 21.7 Å². The Hall–Kier alpha value is -3.79. The lowest BCUT2D eigenvalue weighted by Gasteiger charge is -2.23. The van der Waals surface area contributed by atoms with Crippen LogP contribution in [-0.2, 0) is 43.0 Å². The molecule has 0 radical (unpaired) electrons. The zero-order chi connectivity index (χ0) is 29.3. The van der Waals surface area contributed by atoms with Gasteiger partial charge in [0.1, 0.15) is 12.1 Å². The summed E-state index contributed by atoms with van der Waals surface area (Å²) in [5.74, 6) is -6.11. The Morgan fingerprint density at radius 3 is 1.89 bits per heavy atom. The molecule has 0 spiro atoms. The lowest BCUT2D eigenvalue weighted by molar-refractivity contribution is -0.147. The number of rotatable bonds is 19. The number of carbonyl (C=O) groups is 7. The molecule has 3 amide bonds. The van der Waals surface area contributed by atoms with Gasteiger partial charge >= 0.3 is 23.9 Å². The molecule has 0 aromatic heterocycles. The topological polar surface area (TPSA) is 267 Å². The fraction of sp³-hybridized carbons (Fsp3) is 0.682. The van der Waals surface area contributed by atoms with Crippen molar-refractivity contribution >= 4 is 41.6 Å². The normalized spacial score (nSPS) is 13.7. The molecule has 0 rings (SSSR count). The van der Waals surface area contributed by atoms with Crippen LogP contribution in [0.3, 0.4) is 0 Å². The number of ether oxygens (including phenoxy) is 2. The summed E-state index contributed by atoms with van der Waals surface area (Å²) in [6, 6.07) is -4.91. The maximum atomic E-state index is 12.9. The van der Waals surface area contributed by atoms with Gasteiger partial charge in [-0.15, -0.1) is 0 Å². The Morgan fingerprint density at radius 1 is 0.711 bits per heavy atom. The van der Waals surface area contributed by atoms with Gasteiger partial charge in [-0.3, -0.25) is 28.8 Å². The number of carboxylic acid groups (broad SMARTS) is 2. The van der Waals surface area contributed by atoms with Crippen molar-refractivity contribution < 1.29 is 53.2 Å². The van der Waals surface area contributed by atoms with Crippen molar-refractivity contribution in [1.82, 2.24) is 16.0 Å². The molecule has 0 heterocycles. The second kappa shape index (κ2) is 18.5. The van der Waals surface area contributed by atoms with Gasteiger partial charge in [0.25, 0.3) is 0 Å². The van der Waals surface area contributed by atoms with E-state index in [1.807, 2.05) is 0 Å². The van der Waals surface area contributed by atoms with Crippen LogP contribution in [0, 0.1) is 0 Å². The van der Waals surface area contributed by atoms with Crippen LogP contribution in [0.15, 0.2) is 0 Å². The number of unbranched alkanes of at least 4 members (excludes halogenated alkanes) is 1. The SMILES string of the molecule is COC(=O)CCC(NC(=O)C(CCCCNC(=O)C(N)CCC(=O)O)NC(=O)C(N)CC(=O)O)C(=O)OC. The molecule has 0 aromatic rings. The van der Waals surface area contributed by atoms with E-state index in [2.05, 4.69) is 25.4 Å². The molecule has 38 heavy (non-hydrogen) atoms. The first-order valence-corrected chi connectivity index (χ1v) is 11.8. The first-order valence-electron chi connectivity index (χ1n) is 11.8. The Bertz CT molecular complexity index is 852. The zero-order valence-corrected chi connectivity index (χ0v) is 21.4. The van der Waals surface area contributed by atoms with Crippen molar-refractivity contribution in [1.29, 1.82) is 0 Å². The standard InChI is InChI=1S/C22H37N5O11/c1-37-18(32)9-7-15(22(36)38-2)27-21(35)14(26-20(34)13(24)11-17(30)31)5-3-4-10-25-19(33)12(23)6-8-16(28)29/h12-15H,3-11,23-24H2,1-2H3,(H,25,33)(H,26,34)(H,27,35)(H,28,29)(H,30,31). The number of hydrogen-bond acceptors (Lipinski definition) is 11. The first kappa shape index (κ1) is 34.2. The van der Waals surface area contributed by atoms with Gasteiger partial charge in [0.2, 0.25) is 17.7 Å². The summed E-state index contributed by atoms with van der Waals surface area (Å²) in [7, 11) is 2.25.